The van der Waals surface area contributed by atoms with E-state index in [0.717, 1.165) is 31.4 Å². The van der Waals surface area contributed by atoms with Crippen molar-refractivity contribution in [2.75, 3.05) is 18.4 Å². The van der Waals surface area contributed by atoms with E-state index in [1.807, 2.05) is 30.3 Å². The van der Waals surface area contributed by atoms with E-state index in [4.69, 9.17) is 12.2 Å². The van der Waals surface area contributed by atoms with Crippen molar-refractivity contribution in [3.05, 3.63) is 30.3 Å². The fourth-order valence-corrected chi connectivity index (χ4v) is 8.67. The number of nitrogens with zero attached hydrogens (tertiary/aromatic N) is 1. The molecule has 0 heterocycles. The number of para-hydroxylation sites is 1. The Bertz CT molecular complexity index is 978. The molecule has 4 nitrogen and oxygen atoms in total. The minimum atomic E-state index is -0.250. The molecule has 1 N–H and O–H groups in total. The van der Waals surface area contributed by atoms with Gasteiger partial charge in [0.25, 0.3) is 0 Å². The van der Waals surface area contributed by atoms with Crippen molar-refractivity contribution >= 4 is 34.6 Å². The first kappa shape index (κ1) is 24.0. The van der Waals surface area contributed by atoms with Gasteiger partial charge in [-0.3, -0.25) is 9.59 Å². The van der Waals surface area contributed by atoms with Gasteiger partial charge in [-0.05, 0) is 72.7 Å². The summed E-state index contributed by atoms with van der Waals surface area (Å²) in [4.78, 5) is 29.5. The van der Waals surface area contributed by atoms with Crippen LogP contribution < -0.4 is 5.32 Å². The molecule has 5 rings (SSSR count). The molecule has 0 aromatic heterocycles. The van der Waals surface area contributed by atoms with Crippen molar-refractivity contribution in [1.29, 1.82) is 0 Å². The van der Waals surface area contributed by atoms with E-state index >= 15 is 0 Å². The molecule has 4 bridgehead atoms. The standard InChI is InChI=1S/C29H40N2O2S/c1-26(2)21-12-14-28(26,5)23(32)19(21)16-31(25(34)30-18-10-8-7-9-11-18)17-20-22-13-15-29(6,24(20)33)27(22,3)4/h7-11,19-22H,12-17H2,1-6H3,(H,30,34)/t19-,20-,21+,22+,28+,29+/m1/s1. The van der Waals surface area contributed by atoms with E-state index in [2.05, 4.69) is 51.8 Å². The summed E-state index contributed by atoms with van der Waals surface area (Å²) in [5.41, 5.74) is 0.454. The number of anilines is 1. The maximum atomic E-state index is 13.6. The lowest BCUT2D eigenvalue weighted by Gasteiger charge is -2.36. The minimum absolute atomic E-state index is 0.00656. The Morgan fingerprint density at radius 3 is 1.68 bits per heavy atom. The SMILES string of the molecule is CC1(C)[C@H]2CC[C@@]1(C)C(=O)[C@@H]2CN(C[C@H]1C(=O)[C@]2(C)CC[C@@H]1C2(C)C)C(=S)Nc1ccccc1. The van der Waals surface area contributed by atoms with E-state index in [9.17, 15) is 9.59 Å². The second kappa shape index (κ2) is 7.62. The van der Waals surface area contributed by atoms with Gasteiger partial charge in [0.1, 0.15) is 11.6 Å². The molecule has 4 aliphatic carbocycles. The smallest absolute Gasteiger partial charge is 0.173 e. The molecule has 0 radical (unpaired) electrons. The van der Waals surface area contributed by atoms with E-state index < -0.39 is 0 Å². The molecule has 0 spiro atoms. The Hall–Kier alpha value is -1.75. The highest BCUT2D eigenvalue weighted by Gasteiger charge is 2.68. The van der Waals surface area contributed by atoms with Crippen molar-refractivity contribution in [2.24, 2.45) is 45.3 Å². The molecule has 0 unspecified atom stereocenters. The lowest BCUT2D eigenvalue weighted by Crippen LogP contribution is -2.47. The highest BCUT2D eigenvalue weighted by Crippen LogP contribution is 2.67. The zero-order chi connectivity index (χ0) is 24.7. The van der Waals surface area contributed by atoms with Gasteiger partial charge < -0.3 is 10.2 Å². The number of carbonyl (C=O) groups excluding carboxylic acids is 2. The van der Waals surface area contributed by atoms with Crippen LogP contribution in [-0.2, 0) is 9.59 Å². The monoisotopic (exact) mass is 480 g/mol. The van der Waals surface area contributed by atoms with Crippen molar-refractivity contribution in [3.63, 3.8) is 0 Å². The molecule has 0 amide bonds. The molecule has 1 aromatic carbocycles. The topological polar surface area (TPSA) is 49.4 Å². The number of hydrogen-bond donors (Lipinski definition) is 1. The van der Waals surface area contributed by atoms with Gasteiger partial charge in [-0.2, -0.15) is 0 Å². The number of Topliss-reactive ketones (excluding diaryl/α,β-unsaturated/α-hetero) is 2. The van der Waals surface area contributed by atoms with Crippen LogP contribution in [0.2, 0.25) is 0 Å². The normalized spacial score (nSPS) is 39.0. The summed E-state index contributed by atoms with van der Waals surface area (Å²) >= 11 is 5.94. The van der Waals surface area contributed by atoms with Gasteiger partial charge in [0.15, 0.2) is 5.11 Å². The van der Waals surface area contributed by atoms with Crippen molar-refractivity contribution in [3.8, 4) is 0 Å². The Labute approximate surface area is 210 Å². The van der Waals surface area contributed by atoms with Gasteiger partial charge in [-0.15, -0.1) is 0 Å². The lowest BCUT2D eigenvalue weighted by molar-refractivity contribution is -0.132. The fourth-order valence-electron chi connectivity index (χ4n) is 8.41. The van der Waals surface area contributed by atoms with Crippen LogP contribution in [0.15, 0.2) is 30.3 Å². The third-order valence-electron chi connectivity index (χ3n) is 11.5. The number of ketones is 2. The first-order valence-corrected chi connectivity index (χ1v) is 13.4. The Morgan fingerprint density at radius 2 is 1.29 bits per heavy atom. The van der Waals surface area contributed by atoms with Crippen molar-refractivity contribution in [1.82, 2.24) is 4.90 Å². The molecule has 0 aliphatic heterocycles. The first-order chi connectivity index (χ1) is 15.8. The second-order valence-electron chi connectivity index (χ2n) is 13.0. The molecule has 5 heteroatoms. The molecule has 1 aromatic rings. The van der Waals surface area contributed by atoms with Gasteiger partial charge in [0.2, 0.25) is 0 Å². The van der Waals surface area contributed by atoms with E-state index in [0.29, 0.717) is 41.6 Å². The largest absolute Gasteiger partial charge is 0.348 e. The highest BCUT2D eigenvalue weighted by molar-refractivity contribution is 7.80. The van der Waals surface area contributed by atoms with Gasteiger partial charge in [-0.1, -0.05) is 59.7 Å². The summed E-state index contributed by atoms with van der Waals surface area (Å²) in [6.07, 6.45) is 4.18. The summed E-state index contributed by atoms with van der Waals surface area (Å²) in [7, 11) is 0. The predicted molar refractivity (Wildman–Crippen MR) is 140 cm³/mol. The molecular weight excluding hydrogens is 440 g/mol. The van der Waals surface area contributed by atoms with Crippen LogP contribution in [0, 0.1) is 45.3 Å². The third kappa shape index (κ3) is 3.04. The summed E-state index contributed by atoms with van der Waals surface area (Å²) < 4.78 is 0. The van der Waals surface area contributed by atoms with Crippen molar-refractivity contribution < 1.29 is 9.59 Å². The maximum Gasteiger partial charge on any atom is 0.173 e. The molecular formula is C29H40N2O2S. The average Bonchev–Trinajstić information content (AvgIpc) is 3.26. The van der Waals surface area contributed by atoms with Gasteiger partial charge in [-0.25, -0.2) is 0 Å². The maximum absolute atomic E-state index is 13.6. The van der Waals surface area contributed by atoms with Crippen LogP contribution in [0.25, 0.3) is 0 Å². The molecule has 4 aliphatic rings. The van der Waals surface area contributed by atoms with Crippen LogP contribution in [-0.4, -0.2) is 34.7 Å². The summed E-state index contributed by atoms with van der Waals surface area (Å²) in [5.74, 6) is 1.48. The van der Waals surface area contributed by atoms with Crippen LogP contribution >= 0.6 is 12.2 Å². The number of fused-ring (bicyclic) bond motifs is 4. The Kier molecular flexibility index (Phi) is 5.37. The summed E-state index contributed by atoms with van der Waals surface area (Å²) in [6.45, 7) is 14.6. The molecule has 184 valence electrons. The molecule has 0 saturated heterocycles. The van der Waals surface area contributed by atoms with Crippen LogP contribution in [0.3, 0.4) is 0 Å². The lowest BCUT2D eigenvalue weighted by atomic mass is 9.70. The van der Waals surface area contributed by atoms with E-state index in [1.165, 1.54) is 0 Å². The zero-order valence-electron chi connectivity index (χ0n) is 21.6. The number of nitrogens with one attached hydrogen (secondary N) is 1. The van der Waals surface area contributed by atoms with Gasteiger partial charge >= 0.3 is 0 Å². The van der Waals surface area contributed by atoms with Crippen LogP contribution in [0.1, 0.15) is 67.2 Å². The molecule has 34 heavy (non-hydrogen) atoms. The van der Waals surface area contributed by atoms with Crippen LogP contribution in [0.5, 0.6) is 0 Å². The number of benzene rings is 1. The highest BCUT2D eigenvalue weighted by atomic mass is 32.1. The molecule has 6 atom stereocenters. The second-order valence-corrected chi connectivity index (χ2v) is 13.4. The molecule has 4 saturated carbocycles. The third-order valence-corrected chi connectivity index (χ3v) is 11.8. The fraction of sp³-hybridized carbons (Fsp3) is 0.690. The summed E-state index contributed by atoms with van der Waals surface area (Å²) in [5, 5.41) is 4.03. The molecule has 4 fully saturated rings. The van der Waals surface area contributed by atoms with Crippen molar-refractivity contribution in [2.45, 2.75) is 67.2 Å². The predicted octanol–water partition coefficient (Wildman–Crippen LogP) is 5.97. The Balaban J connectivity index is 1.43. The quantitative estimate of drug-likeness (QED) is 0.526. The zero-order valence-corrected chi connectivity index (χ0v) is 22.4. The number of thiocarbonyl (C=S) groups is 1. The minimum Gasteiger partial charge on any atom is -0.348 e. The van der Waals surface area contributed by atoms with Gasteiger partial charge in [0, 0.05) is 41.4 Å². The number of carbonyl (C=O) groups is 2. The summed E-state index contributed by atoms with van der Waals surface area (Å²) in [6, 6.07) is 9.97. The van der Waals surface area contributed by atoms with Gasteiger partial charge in [0.05, 0.1) is 0 Å². The number of hydrogen-bond acceptors (Lipinski definition) is 3. The Morgan fingerprint density at radius 1 is 0.853 bits per heavy atom. The average molecular weight is 481 g/mol. The van der Waals surface area contributed by atoms with E-state index in [-0.39, 0.29) is 33.5 Å². The van der Waals surface area contributed by atoms with E-state index in [1.54, 1.807) is 0 Å². The first-order valence-electron chi connectivity index (χ1n) is 13.0. The number of rotatable bonds is 5. The van der Waals surface area contributed by atoms with Crippen LogP contribution in [0.4, 0.5) is 5.69 Å².